The van der Waals surface area contributed by atoms with E-state index in [0.717, 1.165) is 25.1 Å². The molecule has 1 unspecified atom stereocenters. The largest absolute Gasteiger partial charge is 0.496 e. The summed E-state index contributed by atoms with van der Waals surface area (Å²) < 4.78 is 5.39. The SMILES string of the molecule is CCC(C)(CNC)Cc1ccccc1OC. The number of nitrogens with one attached hydrogen (secondary N) is 1. The van der Waals surface area contributed by atoms with Gasteiger partial charge in [0.05, 0.1) is 7.11 Å². The molecule has 0 bridgehead atoms. The number of benzene rings is 1. The fourth-order valence-electron chi connectivity index (χ4n) is 2.05. The van der Waals surface area contributed by atoms with E-state index in [1.54, 1.807) is 7.11 Å². The van der Waals surface area contributed by atoms with Crippen LogP contribution in [0.1, 0.15) is 25.8 Å². The highest BCUT2D eigenvalue weighted by Gasteiger charge is 2.22. The van der Waals surface area contributed by atoms with Gasteiger partial charge in [0.15, 0.2) is 0 Å². The standard InChI is InChI=1S/C14H23NO/c1-5-14(2,11-15-3)10-12-8-6-7-9-13(12)16-4/h6-9,15H,5,10-11H2,1-4H3. The summed E-state index contributed by atoms with van der Waals surface area (Å²) in [7, 11) is 3.75. The van der Waals surface area contributed by atoms with E-state index in [4.69, 9.17) is 4.74 Å². The second-order valence-corrected chi connectivity index (χ2v) is 4.68. The molecule has 0 amide bonds. The molecule has 1 N–H and O–H groups in total. The van der Waals surface area contributed by atoms with Crippen LogP contribution in [0.2, 0.25) is 0 Å². The average molecular weight is 221 g/mol. The van der Waals surface area contributed by atoms with Crippen LogP contribution in [0.25, 0.3) is 0 Å². The van der Waals surface area contributed by atoms with Crippen LogP contribution in [0.5, 0.6) is 5.75 Å². The van der Waals surface area contributed by atoms with E-state index in [-0.39, 0.29) is 0 Å². The van der Waals surface area contributed by atoms with Crippen LogP contribution in [0, 0.1) is 5.41 Å². The molecule has 16 heavy (non-hydrogen) atoms. The van der Waals surface area contributed by atoms with Crippen molar-refractivity contribution < 1.29 is 4.74 Å². The molecule has 0 heterocycles. The lowest BCUT2D eigenvalue weighted by atomic mass is 9.81. The van der Waals surface area contributed by atoms with E-state index < -0.39 is 0 Å². The van der Waals surface area contributed by atoms with Gasteiger partial charge in [-0.1, -0.05) is 32.0 Å². The van der Waals surface area contributed by atoms with Crippen LogP contribution < -0.4 is 10.1 Å². The molecule has 0 saturated carbocycles. The van der Waals surface area contributed by atoms with Gasteiger partial charge in [0.25, 0.3) is 0 Å². The highest BCUT2D eigenvalue weighted by Crippen LogP contribution is 2.30. The van der Waals surface area contributed by atoms with Crippen molar-refractivity contribution in [2.45, 2.75) is 26.7 Å². The Morgan fingerprint density at radius 2 is 2.00 bits per heavy atom. The maximum atomic E-state index is 5.39. The fourth-order valence-corrected chi connectivity index (χ4v) is 2.05. The predicted octanol–water partition coefficient (Wildman–Crippen LogP) is 2.87. The number of hydrogen-bond donors (Lipinski definition) is 1. The summed E-state index contributed by atoms with van der Waals surface area (Å²) in [5, 5.41) is 3.28. The van der Waals surface area contributed by atoms with Gasteiger partial charge in [0, 0.05) is 6.54 Å². The molecule has 0 aliphatic heterocycles. The first-order chi connectivity index (χ1) is 7.65. The molecular formula is C14H23NO. The maximum absolute atomic E-state index is 5.39. The third-order valence-corrected chi connectivity index (χ3v) is 3.27. The number of methoxy groups -OCH3 is 1. The Labute approximate surface area is 99.0 Å². The third-order valence-electron chi connectivity index (χ3n) is 3.27. The first-order valence-corrected chi connectivity index (χ1v) is 5.91. The normalized spacial score (nSPS) is 14.5. The Bertz CT molecular complexity index is 324. The van der Waals surface area contributed by atoms with Crippen molar-refractivity contribution >= 4 is 0 Å². The third kappa shape index (κ3) is 3.24. The zero-order chi connectivity index (χ0) is 12.0. The van der Waals surface area contributed by atoms with E-state index in [9.17, 15) is 0 Å². The zero-order valence-electron chi connectivity index (χ0n) is 10.8. The molecule has 0 saturated heterocycles. The monoisotopic (exact) mass is 221 g/mol. The highest BCUT2D eigenvalue weighted by molar-refractivity contribution is 5.34. The van der Waals surface area contributed by atoms with Crippen LogP contribution in [-0.4, -0.2) is 20.7 Å². The van der Waals surface area contributed by atoms with Crippen LogP contribution >= 0.6 is 0 Å². The van der Waals surface area contributed by atoms with Crippen molar-refractivity contribution in [1.82, 2.24) is 5.32 Å². The number of rotatable bonds is 6. The van der Waals surface area contributed by atoms with Crippen LogP contribution in [0.15, 0.2) is 24.3 Å². The van der Waals surface area contributed by atoms with Gasteiger partial charge in [-0.2, -0.15) is 0 Å². The lowest BCUT2D eigenvalue weighted by Crippen LogP contribution is -2.31. The summed E-state index contributed by atoms with van der Waals surface area (Å²) in [5.74, 6) is 0.998. The zero-order valence-corrected chi connectivity index (χ0v) is 10.8. The summed E-state index contributed by atoms with van der Waals surface area (Å²) in [4.78, 5) is 0. The smallest absolute Gasteiger partial charge is 0.122 e. The summed E-state index contributed by atoms with van der Waals surface area (Å²) >= 11 is 0. The minimum atomic E-state index is 0.295. The van der Waals surface area contributed by atoms with Crippen molar-refractivity contribution in [3.8, 4) is 5.75 Å². The number of para-hydroxylation sites is 1. The molecule has 0 spiro atoms. The Hall–Kier alpha value is -1.02. The van der Waals surface area contributed by atoms with Crippen molar-refractivity contribution in [3.05, 3.63) is 29.8 Å². The predicted molar refractivity (Wildman–Crippen MR) is 69.0 cm³/mol. The fraction of sp³-hybridized carbons (Fsp3) is 0.571. The van der Waals surface area contributed by atoms with Crippen molar-refractivity contribution in [2.24, 2.45) is 5.41 Å². The Morgan fingerprint density at radius 3 is 2.56 bits per heavy atom. The van der Waals surface area contributed by atoms with Gasteiger partial charge in [0.2, 0.25) is 0 Å². The summed E-state index contributed by atoms with van der Waals surface area (Å²) in [6.45, 7) is 5.59. The molecule has 1 atom stereocenters. The Kier molecular flexibility index (Phi) is 4.81. The highest BCUT2D eigenvalue weighted by atomic mass is 16.5. The molecule has 2 nitrogen and oxygen atoms in total. The minimum absolute atomic E-state index is 0.295. The Balaban J connectivity index is 2.85. The van der Waals surface area contributed by atoms with Crippen LogP contribution in [-0.2, 0) is 6.42 Å². The number of hydrogen-bond acceptors (Lipinski definition) is 2. The lowest BCUT2D eigenvalue weighted by Gasteiger charge is -2.28. The van der Waals surface area contributed by atoms with Gasteiger partial charge in [-0.05, 0) is 36.9 Å². The van der Waals surface area contributed by atoms with Crippen LogP contribution in [0.4, 0.5) is 0 Å². The van der Waals surface area contributed by atoms with Crippen molar-refractivity contribution in [3.63, 3.8) is 0 Å². The van der Waals surface area contributed by atoms with Gasteiger partial charge in [-0.15, -0.1) is 0 Å². The topological polar surface area (TPSA) is 21.3 Å². The van der Waals surface area contributed by atoms with Crippen LogP contribution in [0.3, 0.4) is 0 Å². The van der Waals surface area contributed by atoms with E-state index in [1.165, 1.54) is 5.56 Å². The molecule has 2 heteroatoms. The van der Waals surface area contributed by atoms with Crippen molar-refractivity contribution in [2.75, 3.05) is 20.7 Å². The van der Waals surface area contributed by atoms with E-state index >= 15 is 0 Å². The molecule has 0 aromatic heterocycles. The van der Waals surface area contributed by atoms with Gasteiger partial charge < -0.3 is 10.1 Å². The maximum Gasteiger partial charge on any atom is 0.122 e. The molecular weight excluding hydrogens is 198 g/mol. The van der Waals surface area contributed by atoms with E-state index in [2.05, 4.69) is 31.3 Å². The van der Waals surface area contributed by atoms with Crippen molar-refractivity contribution in [1.29, 1.82) is 0 Å². The average Bonchev–Trinajstić information content (AvgIpc) is 2.30. The minimum Gasteiger partial charge on any atom is -0.496 e. The van der Waals surface area contributed by atoms with Gasteiger partial charge in [-0.25, -0.2) is 0 Å². The molecule has 1 aromatic rings. The molecule has 0 radical (unpaired) electrons. The lowest BCUT2D eigenvalue weighted by molar-refractivity contribution is 0.293. The van der Waals surface area contributed by atoms with Gasteiger partial charge in [0.1, 0.15) is 5.75 Å². The number of ether oxygens (including phenoxy) is 1. The first kappa shape index (κ1) is 13.0. The van der Waals surface area contributed by atoms with Gasteiger partial charge >= 0.3 is 0 Å². The van der Waals surface area contributed by atoms with E-state index in [1.807, 2.05) is 19.2 Å². The molecule has 1 rings (SSSR count). The second kappa shape index (κ2) is 5.90. The molecule has 0 fully saturated rings. The summed E-state index contributed by atoms with van der Waals surface area (Å²) in [6.07, 6.45) is 2.21. The molecule has 90 valence electrons. The van der Waals surface area contributed by atoms with Gasteiger partial charge in [-0.3, -0.25) is 0 Å². The molecule has 0 aliphatic carbocycles. The first-order valence-electron chi connectivity index (χ1n) is 5.91. The second-order valence-electron chi connectivity index (χ2n) is 4.68. The van der Waals surface area contributed by atoms with E-state index in [0.29, 0.717) is 5.41 Å². The summed E-state index contributed by atoms with van der Waals surface area (Å²) in [5.41, 5.74) is 1.59. The molecule has 0 aliphatic rings. The summed E-state index contributed by atoms with van der Waals surface area (Å²) in [6, 6.07) is 8.28. The molecule has 1 aromatic carbocycles. The quantitative estimate of drug-likeness (QED) is 0.797. The Morgan fingerprint density at radius 1 is 1.31 bits per heavy atom.